The van der Waals surface area contributed by atoms with Gasteiger partial charge in [0, 0.05) is 6.42 Å². The molecule has 0 aliphatic carbocycles. The van der Waals surface area contributed by atoms with Gasteiger partial charge in [0.05, 0.1) is 0 Å². The van der Waals surface area contributed by atoms with Gasteiger partial charge in [-0.25, -0.2) is 8.78 Å². The quantitative estimate of drug-likeness (QED) is 0.539. The molecule has 19 heavy (non-hydrogen) atoms. The van der Waals surface area contributed by atoms with Crippen LogP contribution in [-0.2, 0) is 14.4 Å². The van der Waals surface area contributed by atoms with Crippen molar-refractivity contribution in [3.63, 3.8) is 0 Å². The highest BCUT2D eigenvalue weighted by molar-refractivity contribution is 6.39. The van der Waals surface area contributed by atoms with Crippen molar-refractivity contribution >= 4 is 23.4 Å². The SMILES string of the molecule is CCC(=O)NNC(=O)C(=O)Nc1c(F)cccc1F. The van der Waals surface area contributed by atoms with Gasteiger partial charge in [0.25, 0.3) is 0 Å². The standard InChI is InChI=1S/C11H11F2N3O3/c1-2-8(17)15-16-11(19)10(18)14-9-6(12)4-3-5-7(9)13/h3-5H,2H2,1H3,(H,14,18)(H,15,17)(H,16,19). The van der Waals surface area contributed by atoms with E-state index < -0.39 is 35.0 Å². The van der Waals surface area contributed by atoms with Crippen LogP contribution in [0.4, 0.5) is 14.5 Å². The van der Waals surface area contributed by atoms with Crippen LogP contribution in [0.25, 0.3) is 0 Å². The maximum Gasteiger partial charge on any atom is 0.328 e. The van der Waals surface area contributed by atoms with Crippen molar-refractivity contribution in [1.29, 1.82) is 0 Å². The van der Waals surface area contributed by atoms with Crippen LogP contribution in [0.5, 0.6) is 0 Å². The molecule has 8 heteroatoms. The lowest BCUT2D eigenvalue weighted by atomic mass is 10.3. The molecule has 1 aromatic rings. The molecule has 3 amide bonds. The molecule has 0 atom stereocenters. The van der Waals surface area contributed by atoms with E-state index in [1.165, 1.54) is 6.92 Å². The summed E-state index contributed by atoms with van der Waals surface area (Å²) < 4.78 is 26.4. The summed E-state index contributed by atoms with van der Waals surface area (Å²) in [6.07, 6.45) is 0.101. The van der Waals surface area contributed by atoms with Crippen LogP contribution in [0, 0.1) is 11.6 Å². The number of hydrogen-bond acceptors (Lipinski definition) is 3. The molecule has 0 aliphatic rings. The van der Waals surface area contributed by atoms with E-state index in [9.17, 15) is 23.2 Å². The molecule has 0 heterocycles. The number of benzene rings is 1. The third-order valence-corrected chi connectivity index (χ3v) is 2.04. The Kier molecular flexibility index (Phi) is 4.92. The second-order valence-electron chi connectivity index (χ2n) is 3.41. The largest absolute Gasteiger partial charge is 0.328 e. The second kappa shape index (κ2) is 6.43. The van der Waals surface area contributed by atoms with Crippen molar-refractivity contribution in [3.05, 3.63) is 29.8 Å². The van der Waals surface area contributed by atoms with E-state index in [0.717, 1.165) is 18.2 Å². The minimum Gasteiger partial charge on any atom is -0.313 e. The lowest BCUT2D eigenvalue weighted by Gasteiger charge is -2.08. The molecule has 0 saturated heterocycles. The van der Waals surface area contributed by atoms with Crippen molar-refractivity contribution in [1.82, 2.24) is 10.9 Å². The summed E-state index contributed by atoms with van der Waals surface area (Å²) in [5.41, 5.74) is 3.01. The predicted molar refractivity (Wildman–Crippen MR) is 61.6 cm³/mol. The first-order valence-electron chi connectivity index (χ1n) is 5.30. The monoisotopic (exact) mass is 271 g/mol. The van der Waals surface area contributed by atoms with Crippen molar-refractivity contribution in [2.24, 2.45) is 0 Å². The van der Waals surface area contributed by atoms with Gasteiger partial charge in [-0.15, -0.1) is 0 Å². The van der Waals surface area contributed by atoms with Crippen LogP contribution >= 0.6 is 0 Å². The topological polar surface area (TPSA) is 87.3 Å². The van der Waals surface area contributed by atoms with Crippen molar-refractivity contribution in [2.75, 3.05) is 5.32 Å². The Bertz CT molecular complexity index is 500. The number of amides is 3. The van der Waals surface area contributed by atoms with Crippen LogP contribution in [0.1, 0.15) is 13.3 Å². The van der Waals surface area contributed by atoms with Crippen molar-refractivity contribution in [3.8, 4) is 0 Å². The Hall–Kier alpha value is -2.51. The first-order valence-corrected chi connectivity index (χ1v) is 5.30. The average molecular weight is 271 g/mol. The fourth-order valence-electron chi connectivity index (χ4n) is 1.06. The Morgan fingerprint density at radius 1 is 1.05 bits per heavy atom. The highest BCUT2D eigenvalue weighted by atomic mass is 19.1. The summed E-state index contributed by atoms with van der Waals surface area (Å²) in [5, 5.41) is 1.77. The maximum atomic E-state index is 13.2. The Morgan fingerprint density at radius 2 is 1.63 bits per heavy atom. The molecule has 102 valence electrons. The van der Waals surface area contributed by atoms with Crippen LogP contribution in [0.2, 0.25) is 0 Å². The van der Waals surface area contributed by atoms with Crippen LogP contribution < -0.4 is 16.2 Å². The van der Waals surface area contributed by atoms with Crippen LogP contribution in [0.3, 0.4) is 0 Å². The zero-order valence-corrected chi connectivity index (χ0v) is 9.92. The molecule has 1 rings (SSSR count). The number of halogens is 2. The lowest BCUT2D eigenvalue weighted by molar-refractivity contribution is -0.138. The van der Waals surface area contributed by atoms with E-state index >= 15 is 0 Å². The van der Waals surface area contributed by atoms with E-state index in [-0.39, 0.29) is 6.42 Å². The molecule has 0 aliphatic heterocycles. The van der Waals surface area contributed by atoms with Gasteiger partial charge in [0.2, 0.25) is 5.91 Å². The highest BCUT2D eigenvalue weighted by Crippen LogP contribution is 2.17. The molecule has 1 aromatic carbocycles. The molecule has 0 bridgehead atoms. The molecule has 6 nitrogen and oxygen atoms in total. The molecule has 0 saturated carbocycles. The number of anilines is 1. The zero-order valence-electron chi connectivity index (χ0n) is 9.92. The lowest BCUT2D eigenvalue weighted by Crippen LogP contribution is -2.46. The molecular formula is C11H11F2N3O3. The van der Waals surface area contributed by atoms with E-state index in [1.54, 1.807) is 10.7 Å². The third kappa shape index (κ3) is 4.02. The van der Waals surface area contributed by atoms with Crippen molar-refractivity contribution < 1.29 is 23.2 Å². The normalized spacial score (nSPS) is 9.63. The summed E-state index contributed by atoms with van der Waals surface area (Å²) >= 11 is 0. The van der Waals surface area contributed by atoms with Crippen molar-refractivity contribution in [2.45, 2.75) is 13.3 Å². The minimum absolute atomic E-state index is 0.101. The fraction of sp³-hybridized carbons (Fsp3) is 0.182. The summed E-state index contributed by atoms with van der Waals surface area (Å²) in [7, 11) is 0. The summed E-state index contributed by atoms with van der Waals surface area (Å²) in [5.74, 6) is -5.10. The summed E-state index contributed by atoms with van der Waals surface area (Å²) in [4.78, 5) is 33.3. The highest BCUT2D eigenvalue weighted by Gasteiger charge is 2.18. The molecule has 0 radical (unpaired) electrons. The minimum atomic E-state index is -1.31. The van der Waals surface area contributed by atoms with Gasteiger partial charge in [-0.1, -0.05) is 13.0 Å². The predicted octanol–water partition coefficient (Wildman–Crippen LogP) is 0.461. The number of hydrazine groups is 1. The van der Waals surface area contributed by atoms with E-state index in [0.29, 0.717) is 0 Å². The van der Waals surface area contributed by atoms with Gasteiger partial charge in [-0.3, -0.25) is 25.2 Å². The second-order valence-corrected chi connectivity index (χ2v) is 3.41. The van der Waals surface area contributed by atoms with Crippen LogP contribution in [0.15, 0.2) is 18.2 Å². The molecule has 3 N–H and O–H groups in total. The maximum absolute atomic E-state index is 13.2. The summed E-state index contributed by atoms with van der Waals surface area (Å²) in [6.45, 7) is 1.54. The molecule has 0 aromatic heterocycles. The first-order chi connectivity index (χ1) is 8.95. The molecule has 0 spiro atoms. The number of hydrogen-bond donors (Lipinski definition) is 3. The van der Waals surface area contributed by atoms with Gasteiger partial charge >= 0.3 is 11.8 Å². The van der Waals surface area contributed by atoms with E-state index in [1.807, 2.05) is 5.43 Å². The van der Waals surface area contributed by atoms with Gasteiger partial charge in [-0.2, -0.15) is 0 Å². The molecule has 0 fully saturated rings. The van der Waals surface area contributed by atoms with Gasteiger partial charge < -0.3 is 5.32 Å². The Balaban J connectivity index is 2.64. The van der Waals surface area contributed by atoms with Gasteiger partial charge in [-0.05, 0) is 12.1 Å². The average Bonchev–Trinajstić information content (AvgIpc) is 2.39. The number of para-hydroxylation sites is 1. The number of rotatable bonds is 2. The van der Waals surface area contributed by atoms with Gasteiger partial charge in [0.15, 0.2) is 0 Å². The fourth-order valence-corrected chi connectivity index (χ4v) is 1.06. The molecular weight excluding hydrogens is 260 g/mol. The van der Waals surface area contributed by atoms with E-state index in [4.69, 9.17) is 0 Å². The Morgan fingerprint density at radius 3 is 2.16 bits per heavy atom. The van der Waals surface area contributed by atoms with E-state index in [2.05, 4.69) is 0 Å². The summed E-state index contributed by atoms with van der Waals surface area (Å²) in [6, 6.07) is 2.97. The number of carbonyl (C=O) groups excluding carboxylic acids is 3. The van der Waals surface area contributed by atoms with Crippen LogP contribution in [-0.4, -0.2) is 17.7 Å². The van der Waals surface area contributed by atoms with Gasteiger partial charge in [0.1, 0.15) is 17.3 Å². The Labute approximate surface area is 107 Å². The smallest absolute Gasteiger partial charge is 0.313 e. The number of nitrogens with one attached hydrogen (secondary N) is 3. The zero-order chi connectivity index (χ0) is 14.4. The number of carbonyl (C=O) groups is 3. The first kappa shape index (κ1) is 14.6. The third-order valence-electron chi connectivity index (χ3n) is 2.04. The molecule has 0 unspecified atom stereocenters.